The van der Waals surface area contributed by atoms with Crippen LogP contribution in [0.4, 0.5) is 4.39 Å². The molecule has 0 unspecified atom stereocenters. The summed E-state index contributed by atoms with van der Waals surface area (Å²) < 4.78 is 12.2. The maximum Gasteiger partial charge on any atom is 0.115 e. The number of aromatic hydroxyl groups is 1. The average molecular weight is 305 g/mol. The molecule has 0 radical (unpaired) electrons. The monoisotopic (exact) mass is 305 g/mol. The topological polar surface area (TPSA) is 23.5 Å². The maximum absolute atomic E-state index is 12.2. The highest BCUT2D eigenvalue weighted by Gasteiger charge is 2.48. The summed E-state index contributed by atoms with van der Waals surface area (Å²) in [5.41, 5.74) is 2.93. The summed E-state index contributed by atoms with van der Waals surface area (Å²) in [6.45, 7) is 6.76. The lowest BCUT2D eigenvalue weighted by molar-refractivity contribution is 0.0302. The number of likely N-dealkylation sites (tertiary alicyclic amines) is 1. The first kappa shape index (κ1) is 15.8. The minimum atomic E-state index is -0.186. The van der Waals surface area contributed by atoms with Crippen molar-refractivity contribution in [2.24, 2.45) is 5.92 Å². The van der Waals surface area contributed by atoms with E-state index in [0.717, 1.165) is 38.8 Å². The molecule has 1 aromatic carbocycles. The minimum Gasteiger partial charge on any atom is -0.508 e. The van der Waals surface area contributed by atoms with Crippen molar-refractivity contribution in [1.29, 1.82) is 0 Å². The quantitative estimate of drug-likeness (QED) is 0.829. The third kappa shape index (κ3) is 2.64. The molecule has 1 aliphatic heterocycles. The highest BCUT2D eigenvalue weighted by molar-refractivity contribution is 5.44. The van der Waals surface area contributed by atoms with Crippen molar-refractivity contribution >= 4 is 0 Å². The van der Waals surface area contributed by atoms with Gasteiger partial charge in [0, 0.05) is 6.04 Å². The lowest BCUT2D eigenvalue weighted by atomic mass is 9.59. The van der Waals surface area contributed by atoms with Gasteiger partial charge < -0.3 is 5.11 Å². The number of hydrogen-bond donors (Lipinski definition) is 1. The number of alkyl halides is 1. The molecule has 2 aliphatic rings. The van der Waals surface area contributed by atoms with Gasteiger partial charge in [-0.2, -0.15) is 0 Å². The van der Waals surface area contributed by atoms with Gasteiger partial charge in [-0.05, 0) is 79.8 Å². The average Bonchev–Trinajstić information content (AvgIpc) is 2.50. The molecule has 122 valence electrons. The van der Waals surface area contributed by atoms with Gasteiger partial charge >= 0.3 is 0 Å². The van der Waals surface area contributed by atoms with Crippen LogP contribution in [0.3, 0.4) is 0 Å². The van der Waals surface area contributed by atoms with Crippen LogP contribution in [0.5, 0.6) is 5.75 Å². The van der Waals surface area contributed by atoms with E-state index in [1.165, 1.54) is 11.1 Å². The SMILES string of the molecule is C[C@H]1[C@H]2Cc3ccc(O)cc3[C@]1(C)CCN2CCCCCF. The number of phenols is 1. The molecule has 0 amide bonds. The second-order valence-corrected chi connectivity index (χ2v) is 7.35. The number of phenolic OH excluding ortho intramolecular Hbond substituents is 1. The molecule has 1 N–H and O–H groups in total. The smallest absolute Gasteiger partial charge is 0.115 e. The van der Waals surface area contributed by atoms with Gasteiger partial charge in [-0.3, -0.25) is 9.29 Å². The van der Waals surface area contributed by atoms with Crippen LogP contribution in [0, 0.1) is 5.92 Å². The molecule has 2 bridgehead atoms. The summed E-state index contributed by atoms with van der Waals surface area (Å²) in [4.78, 5) is 2.63. The molecule has 0 aromatic heterocycles. The van der Waals surface area contributed by atoms with Crippen LogP contribution in [-0.2, 0) is 11.8 Å². The molecule has 3 rings (SSSR count). The second-order valence-electron chi connectivity index (χ2n) is 7.35. The van der Waals surface area contributed by atoms with E-state index in [1.54, 1.807) is 0 Å². The van der Waals surface area contributed by atoms with Crippen molar-refractivity contribution in [3.63, 3.8) is 0 Å². The van der Waals surface area contributed by atoms with E-state index >= 15 is 0 Å². The molecule has 1 aromatic rings. The van der Waals surface area contributed by atoms with E-state index in [1.807, 2.05) is 12.1 Å². The van der Waals surface area contributed by atoms with Crippen LogP contribution in [0.1, 0.15) is 50.7 Å². The third-order valence-corrected chi connectivity index (χ3v) is 6.19. The Morgan fingerprint density at radius 2 is 2.14 bits per heavy atom. The zero-order valence-electron chi connectivity index (χ0n) is 13.8. The van der Waals surface area contributed by atoms with Crippen molar-refractivity contribution in [3.8, 4) is 5.75 Å². The van der Waals surface area contributed by atoms with Crippen LogP contribution in [0.15, 0.2) is 18.2 Å². The van der Waals surface area contributed by atoms with Crippen LogP contribution in [-0.4, -0.2) is 35.8 Å². The summed E-state index contributed by atoms with van der Waals surface area (Å²) in [6, 6.07) is 6.49. The first-order chi connectivity index (χ1) is 10.6. The first-order valence-electron chi connectivity index (χ1n) is 8.68. The number of nitrogens with zero attached hydrogens (tertiary/aromatic N) is 1. The van der Waals surface area contributed by atoms with Gasteiger partial charge in [-0.1, -0.05) is 19.9 Å². The maximum atomic E-state index is 12.2. The molecule has 1 saturated heterocycles. The number of benzene rings is 1. The van der Waals surface area contributed by atoms with Gasteiger partial charge in [-0.15, -0.1) is 0 Å². The summed E-state index contributed by atoms with van der Waals surface area (Å²) >= 11 is 0. The Bertz CT molecular complexity index is 532. The highest BCUT2D eigenvalue weighted by Crippen LogP contribution is 2.49. The zero-order valence-corrected chi connectivity index (χ0v) is 13.8. The number of halogens is 1. The first-order valence-corrected chi connectivity index (χ1v) is 8.68. The molecule has 0 spiro atoms. The van der Waals surface area contributed by atoms with Crippen LogP contribution in [0.2, 0.25) is 0 Å². The van der Waals surface area contributed by atoms with Gasteiger partial charge in [0.25, 0.3) is 0 Å². The lowest BCUT2D eigenvalue weighted by Crippen LogP contribution is -2.58. The molecule has 3 heteroatoms. The molecular formula is C19H28FNO. The van der Waals surface area contributed by atoms with Gasteiger partial charge in [0.2, 0.25) is 0 Å². The normalized spacial score (nSPS) is 31.0. The Morgan fingerprint density at radius 3 is 2.91 bits per heavy atom. The molecular weight excluding hydrogens is 277 g/mol. The van der Waals surface area contributed by atoms with Crippen molar-refractivity contribution in [1.82, 2.24) is 4.90 Å². The van der Waals surface area contributed by atoms with Crippen LogP contribution >= 0.6 is 0 Å². The number of rotatable bonds is 5. The van der Waals surface area contributed by atoms with Crippen molar-refractivity contribution in [2.45, 2.75) is 57.4 Å². The largest absolute Gasteiger partial charge is 0.508 e. The molecule has 1 heterocycles. The van der Waals surface area contributed by atoms with Crippen molar-refractivity contribution in [3.05, 3.63) is 29.3 Å². The Morgan fingerprint density at radius 1 is 1.32 bits per heavy atom. The number of hydrogen-bond acceptors (Lipinski definition) is 2. The summed E-state index contributed by atoms with van der Waals surface area (Å²) in [7, 11) is 0. The van der Waals surface area contributed by atoms with Crippen molar-refractivity contribution < 1.29 is 9.50 Å². The summed E-state index contributed by atoms with van der Waals surface area (Å²) in [5, 5.41) is 9.86. The van der Waals surface area contributed by atoms with E-state index in [0.29, 0.717) is 24.1 Å². The van der Waals surface area contributed by atoms with E-state index in [2.05, 4.69) is 24.8 Å². The predicted molar refractivity (Wildman–Crippen MR) is 88.1 cm³/mol. The Balaban J connectivity index is 1.79. The fraction of sp³-hybridized carbons (Fsp3) is 0.684. The fourth-order valence-electron chi connectivity index (χ4n) is 4.56. The fourth-order valence-corrected chi connectivity index (χ4v) is 4.56. The molecule has 0 saturated carbocycles. The van der Waals surface area contributed by atoms with Crippen molar-refractivity contribution in [2.75, 3.05) is 19.8 Å². The molecule has 22 heavy (non-hydrogen) atoms. The number of fused-ring (bicyclic) bond motifs is 4. The molecule has 2 nitrogen and oxygen atoms in total. The van der Waals surface area contributed by atoms with Crippen LogP contribution < -0.4 is 0 Å². The Kier molecular flexibility index (Phi) is 4.44. The highest BCUT2D eigenvalue weighted by atomic mass is 19.1. The Labute approximate surface area is 133 Å². The number of unbranched alkanes of at least 4 members (excludes halogenated alkanes) is 2. The van der Waals surface area contributed by atoms with Gasteiger partial charge in [0.15, 0.2) is 0 Å². The summed E-state index contributed by atoms with van der Waals surface area (Å²) in [5.74, 6) is 0.982. The van der Waals surface area contributed by atoms with E-state index in [9.17, 15) is 9.50 Å². The van der Waals surface area contributed by atoms with Gasteiger partial charge in [0.1, 0.15) is 5.75 Å². The van der Waals surface area contributed by atoms with E-state index < -0.39 is 0 Å². The standard InChI is InChI=1S/C19H28FNO/c1-14-18-12-15-6-7-16(22)13-17(15)19(14,2)8-11-21(18)10-5-3-4-9-20/h6-7,13-14,18,22H,3-5,8-12H2,1-2H3/t14-,18+,19+/m0/s1. The third-order valence-electron chi connectivity index (χ3n) is 6.19. The number of piperidine rings is 1. The van der Waals surface area contributed by atoms with E-state index in [-0.39, 0.29) is 12.1 Å². The minimum absolute atomic E-state index is 0.173. The lowest BCUT2D eigenvalue weighted by Gasteiger charge is -2.54. The predicted octanol–water partition coefficient (Wildman–Crippen LogP) is 4.06. The van der Waals surface area contributed by atoms with Gasteiger partial charge in [0.05, 0.1) is 6.67 Å². The van der Waals surface area contributed by atoms with Gasteiger partial charge in [-0.25, -0.2) is 0 Å². The van der Waals surface area contributed by atoms with E-state index in [4.69, 9.17) is 0 Å². The molecule has 1 aliphatic carbocycles. The Hall–Kier alpha value is -1.09. The zero-order chi connectivity index (χ0) is 15.7. The molecule has 3 atom stereocenters. The summed E-state index contributed by atoms with van der Waals surface area (Å²) in [6.07, 6.45) is 5.02. The molecule has 1 fully saturated rings. The van der Waals surface area contributed by atoms with Crippen LogP contribution in [0.25, 0.3) is 0 Å². The second kappa shape index (κ2) is 6.19.